The number of morpholine rings is 1. The van der Waals surface area contributed by atoms with Crippen molar-refractivity contribution in [1.82, 2.24) is 9.21 Å². The van der Waals surface area contributed by atoms with Gasteiger partial charge < -0.3 is 14.4 Å². The molecule has 2 aromatic carbocycles. The second-order valence-corrected chi connectivity index (χ2v) is 11.1. The summed E-state index contributed by atoms with van der Waals surface area (Å²) in [5.74, 6) is 0.203. The fraction of sp³-hybridized carbons (Fsp3) is 0.480. The number of piperidine rings is 1. The Morgan fingerprint density at radius 2 is 1.74 bits per heavy atom. The average molecular weight is 491 g/mol. The van der Waals surface area contributed by atoms with Crippen LogP contribution in [0.15, 0.2) is 53.4 Å². The maximum absolute atomic E-state index is 13.3. The summed E-state index contributed by atoms with van der Waals surface area (Å²) in [6.45, 7) is 4.89. The van der Waals surface area contributed by atoms with Gasteiger partial charge in [-0.15, -0.1) is 0 Å². The first-order valence-electron chi connectivity index (χ1n) is 11.6. The number of sulfonamides is 1. The van der Waals surface area contributed by atoms with Crippen LogP contribution in [0, 0.1) is 18.2 Å². The van der Waals surface area contributed by atoms with Crippen LogP contribution in [0.2, 0.25) is 0 Å². The van der Waals surface area contributed by atoms with E-state index in [1.165, 1.54) is 16.4 Å². The van der Waals surface area contributed by atoms with Crippen LogP contribution in [0.3, 0.4) is 0 Å². The van der Waals surface area contributed by atoms with E-state index in [9.17, 15) is 17.6 Å². The third-order valence-corrected chi connectivity index (χ3v) is 8.55. The van der Waals surface area contributed by atoms with Crippen molar-refractivity contribution >= 4 is 15.9 Å². The molecule has 0 N–H and O–H groups in total. The van der Waals surface area contributed by atoms with Crippen LogP contribution in [0.4, 0.5) is 4.39 Å². The molecule has 184 valence electrons. The van der Waals surface area contributed by atoms with E-state index in [0.717, 1.165) is 5.56 Å². The SMILES string of the molecule is Cc1cccc(S(=O)(=O)N2CCC(COc3ccc(F)cc3)(CC(=O)N3CCOCC3)CC2)c1. The molecule has 2 aliphatic heterocycles. The molecule has 0 saturated carbocycles. The highest BCUT2D eigenvalue weighted by Gasteiger charge is 2.41. The molecule has 2 heterocycles. The van der Waals surface area contributed by atoms with Gasteiger partial charge in [0.15, 0.2) is 0 Å². The number of rotatable bonds is 7. The highest BCUT2D eigenvalue weighted by atomic mass is 32.2. The van der Waals surface area contributed by atoms with E-state index >= 15 is 0 Å². The summed E-state index contributed by atoms with van der Waals surface area (Å²) in [5.41, 5.74) is 0.374. The molecule has 0 unspecified atom stereocenters. The molecule has 2 saturated heterocycles. The Kier molecular flexibility index (Phi) is 7.54. The van der Waals surface area contributed by atoms with Gasteiger partial charge in [0.25, 0.3) is 0 Å². The number of carbonyl (C=O) groups is 1. The van der Waals surface area contributed by atoms with Crippen molar-refractivity contribution in [2.24, 2.45) is 5.41 Å². The van der Waals surface area contributed by atoms with Crippen molar-refractivity contribution in [3.63, 3.8) is 0 Å². The van der Waals surface area contributed by atoms with Crippen molar-refractivity contribution in [2.45, 2.75) is 31.1 Å². The van der Waals surface area contributed by atoms with E-state index in [1.807, 2.05) is 13.0 Å². The van der Waals surface area contributed by atoms with Gasteiger partial charge in [-0.3, -0.25) is 4.79 Å². The molecule has 0 radical (unpaired) electrons. The predicted molar refractivity (Wildman–Crippen MR) is 126 cm³/mol. The Morgan fingerprint density at radius 1 is 1.06 bits per heavy atom. The first kappa shape index (κ1) is 24.6. The Bertz CT molecular complexity index is 1090. The monoisotopic (exact) mass is 490 g/mol. The van der Waals surface area contributed by atoms with Gasteiger partial charge in [-0.25, -0.2) is 12.8 Å². The number of benzene rings is 2. The number of hydrogen-bond acceptors (Lipinski definition) is 5. The number of nitrogens with zero attached hydrogens (tertiary/aromatic N) is 2. The minimum Gasteiger partial charge on any atom is -0.493 e. The van der Waals surface area contributed by atoms with Gasteiger partial charge in [0.2, 0.25) is 15.9 Å². The summed E-state index contributed by atoms with van der Waals surface area (Å²) in [7, 11) is -3.62. The molecule has 9 heteroatoms. The van der Waals surface area contributed by atoms with Crippen molar-refractivity contribution in [3.05, 3.63) is 59.9 Å². The lowest BCUT2D eigenvalue weighted by atomic mass is 9.76. The predicted octanol–water partition coefficient (Wildman–Crippen LogP) is 3.23. The van der Waals surface area contributed by atoms with Gasteiger partial charge in [0.1, 0.15) is 11.6 Å². The largest absolute Gasteiger partial charge is 0.493 e. The molecule has 4 rings (SSSR count). The third kappa shape index (κ3) is 5.76. The molecular formula is C25H31FN2O5S. The van der Waals surface area contributed by atoms with Crippen LogP contribution in [0.25, 0.3) is 0 Å². The quantitative estimate of drug-likeness (QED) is 0.596. The smallest absolute Gasteiger partial charge is 0.243 e. The zero-order chi connectivity index (χ0) is 24.2. The fourth-order valence-corrected chi connectivity index (χ4v) is 6.06. The highest BCUT2D eigenvalue weighted by Crippen LogP contribution is 2.38. The molecule has 7 nitrogen and oxygen atoms in total. The molecule has 0 atom stereocenters. The second kappa shape index (κ2) is 10.4. The minimum atomic E-state index is -3.62. The fourth-order valence-electron chi connectivity index (χ4n) is 4.51. The molecule has 2 aromatic rings. The number of halogens is 1. The number of ether oxygens (including phenoxy) is 2. The Labute approximate surface area is 200 Å². The normalized spacial score (nSPS) is 19.1. The highest BCUT2D eigenvalue weighted by molar-refractivity contribution is 7.89. The minimum absolute atomic E-state index is 0.0287. The molecule has 2 fully saturated rings. The zero-order valence-electron chi connectivity index (χ0n) is 19.4. The van der Waals surface area contributed by atoms with Gasteiger partial charge >= 0.3 is 0 Å². The maximum atomic E-state index is 13.3. The van der Waals surface area contributed by atoms with Crippen molar-refractivity contribution in [3.8, 4) is 5.75 Å². The van der Waals surface area contributed by atoms with Crippen molar-refractivity contribution in [1.29, 1.82) is 0 Å². The van der Waals surface area contributed by atoms with E-state index in [-0.39, 0.29) is 29.6 Å². The molecular weight excluding hydrogens is 459 g/mol. The van der Waals surface area contributed by atoms with Crippen LogP contribution in [-0.2, 0) is 19.6 Å². The Hall–Kier alpha value is -2.49. The maximum Gasteiger partial charge on any atom is 0.243 e. The summed E-state index contributed by atoms with van der Waals surface area (Å²) in [5, 5.41) is 0. The van der Waals surface area contributed by atoms with Gasteiger partial charge in [-0.05, 0) is 61.7 Å². The van der Waals surface area contributed by atoms with Gasteiger partial charge in [0, 0.05) is 38.0 Å². The molecule has 0 bridgehead atoms. The van der Waals surface area contributed by atoms with Crippen LogP contribution >= 0.6 is 0 Å². The molecule has 0 aromatic heterocycles. The second-order valence-electron chi connectivity index (χ2n) is 9.13. The van der Waals surface area contributed by atoms with Crippen LogP contribution in [-0.4, -0.2) is 69.5 Å². The molecule has 0 aliphatic carbocycles. The standard InChI is InChI=1S/C25H31FN2O5S/c1-20-3-2-4-23(17-20)34(30,31)28-11-9-25(10-12-28,18-24(29)27-13-15-32-16-14-27)19-33-22-7-5-21(26)6-8-22/h2-8,17H,9-16,18-19H2,1H3. The van der Waals surface area contributed by atoms with Crippen molar-refractivity contribution in [2.75, 3.05) is 46.0 Å². The lowest BCUT2D eigenvalue weighted by molar-refractivity contribution is -0.139. The molecule has 0 spiro atoms. The first-order valence-corrected chi connectivity index (χ1v) is 13.0. The number of amides is 1. The van der Waals surface area contributed by atoms with Crippen LogP contribution in [0.1, 0.15) is 24.8 Å². The molecule has 34 heavy (non-hydrogen) atoms. The Morgan fingerprint density at radius 3 is 2.38 bits per heavy atom. The van der Waals surface area contributed by atoms with E-state index in [0.29, 0.717) is 58.0 Å². The number of hydrogen-bond donors (Lipinski definition) is 0. The van der Waals surface area contributed by atoms with Crippen LogP contribution in [0.5, 0.6) is 5.75 Å². The molecule has 2 aliphatic rings. The summed E-state index contributed by atoms with van der Waals surface area (Å²) < 4.78 is 52.5. The first-order chi connectivity index (χ1) is 16.3. The average Bonchev–Trinajstić information content (AvgIpc) is 2.84. The van der Waals surface area contributed by atoms with Crippen LogP contribution < -0.4 is 4.74 Å². The summed E-state index contributed by atoms with van der Waals surface area (Å²) in [6.07, 6.45) is 1.26. The van der Waals surface area contributed by atoms with Gasteiger partial charge in [-0.2, -0.15) is 4.31 Å². The summed E-state index contributed by atoms with van der Waals surface area (Å²) in [6, 6.07) is 12.7. The van der Waals surface area contributed by atoms with Gasteiger partial charge in [0.05, 0.1) is 24.7 Å². The van der Waals surface area contributed by atoms with E-state index in [4.69, 9.17) is 9.47 Å². The van der Waals surface area contributed by atoms with E-state index in [2.05, 4.69) is 0 Å². The molecule has 1 amide bonds. The van der Waals surface area contributed by atoms with E-state index < -0.39 is 15.4 Å². The lowest BCUT2D eigenvalue weighted by Gasteiger charge is -2.41. The lowest BCUT2D eigenvalue weighted by Crippen LogP contribution is -2.49. The summed E-state index contributed by atoms with van der Waals surface area (Å²) >= 11 is 0. The number of carbonyl (C=O) groups excluding carboxylic acids is 1. The third-order valence-electron chi connectivity index (χ3n) is 6.66. The number of aryl methyl sites for hydroxylation is 1. The van der Waals surface area contributed by atoms with Crippen molar-refractivity contribution < 1.29 is 27.1 Å². The van der Waals surface area contributed by atoms with E-state index in [1.54, 1.807) is 35.2 Å². The Balaban J connectivity index is 1.49. The summed E-state index contributed by atoms with van der Waals surface area (Å²) in [4.78, 5) is 15.2. The zero-order valence-corrected chi connectivity index (χ0v) is 20.2. The topological polar surface area (TPSA) is 76.2 Å². The van der Waals surface area contributed by atoms with Gasteiger partial charge in [-0.1, -0.05) is 12.1 Å².